The van der Waals surface area contributed by atoms with Gasteiger partial charge in [-0.15, -0.1) is 0 Å². The lowest BCUT2D eigenvalue weighted by molar-refractivity contribution is -0.384. The number of rotatable bonds is 8. The van der Waals surface area contributed by atoms with Crippen molar-refractivity contribution in [1.29, 1.82) is 0 Å². The quantitative estimate of drug-likeness (QED) is 0.217. The third-order valence-corrected chi connectivity index (χ3v) is 6.32. The Morgan fingerprint density at radius 1 is 1.05 bits per heavy atom. The number of esters is 1. The van der Waals surface area contributed by atoms with Crippen LogP contribution in [0.4, 0.5) is 5.69 Å². The molecule has 0 bridgehead atoms. The Hall–Kier alpha value is -4.70. The predicted molar refractivity (Wildman–Crippen MR) is 144 cm³/mol. The smallest absolute Gasteiger partial charge is 0.344 e. The molecule has 0 spiro atoms. The van der Waals surface area contributed by atoms with Gasteiger partial charge in [-0.05, 0) is 48.4 Å². The van der Waals surface area contributed by atoms with E-state index in [-0.39, 0.29) is 35.3 Å². The van der Waals surface area contributed by atoms with Gasteiger partial charge in [0.05, 0.1) is 16.4 Å². The van der Waals surface area contributed by atoms with Crippen molar-refractivity contribution in [2.75, 3.05) is 6.61 Å². The summed E-state index contributed by atoms with van der Waals surface area (Å²) in [6, 6.07) is 21.5. The lowest BCUT2D eigenvalue weighted by atomic mass is 10.1. The second-order valence-corrected chi connectivity index (χ2v) is 8.96. The van der Waals surface area contributed by atoms with Crippen molar-refractivity contribution >= 4 is 40.4 Å². The number of nitrogens with zero attached hydrogens (tertiary/aromatic N) is 2. The Balaban J connectivity index is 1.53. The number of aliphatic hydroxyl groups excluding tert-OH is 1. The molecule has 0 saturated heterocycles. The van der Waals surface area contributed by atoms with E-state index in [2.05, 4.69) is 4.99 Å². The number of hydrogen-bond acceptors (Lipinski definition) is 8. The van der Waals surface area contributed by atoms with Crippen molar-refractivity contribution < 1.29 is 29.1 Å². The average molecular weight is 531 g/mol. The highest BCUT2D eigenvalue weighted by Gasteiger charge is 2.33. The van der Waals surface area contributed by atoms with Gasteiger partial charge in [0.15, 0.2) is 0 Å². The second-order valence-electron chi connectivity index (χ2n) is 7.93. The maximum Gasteiger partial charge on any atom is 0.344 e. The Bertz CT molecular complexity index is 1460. The highest BCUT2D eigenvalue weighted by Crippen LogP contribution is 2.39. The Labute approximate surface area is 222 Å². The lowest BCUT2D eigenvalue weighted by Crippen LogP contribution is -2.14. The van der Waals surface area contributed by atoms with Crippen molar-refractivity contribution in [3.8, 4) is 5.75 Å². The molecule has 1 heterocycles. The van der Waals surface area contributed by atoms with E-state index in [1.807, 2.05) is 0 Å². The minimum absolute atomic E-state index is 0.00874. The van der Waals surface area contributed by atoms with E-state index in [1.54, 1.807) is 79.7 Å². The summed E-state index contributed by atoms with van der Waals surface area (Å²) >= 11 is 0.993. The van der Waals surface area contributed by atoms with Gasteiger partial charge in [0, 0.05) is 17.7 Å². The SMILES string of the molecule is CCOC(=O)C1=C(O)/C(=C/c2ccc(OCc3cccc([N+](=O)[O-])c3)cc2)SC1=NC(=O)c1ccccc1. The molecule has 1 aliphatic rings. The number of carbonyl (C=O) groups is 2. The molecule has 3 aromatic carbocycles. The number of benzene rings is 3. The number of thioether (sulfide) groups is 1. The summed E-state index contributed by atoms with van der Waals surface area (Å²) in [4.78, 5) is 40.1. The summed E-state index contributed by atoms with van der Waals surface area (Å²) in [6.45, 7) is 1.89. The van der Waals surface area contributed by atoms with Gasteiger partial charge in [-0.25, -0.2) is 9.79 Å². The van der Waals surface area contributed by atoms with E-state index in [4.69, 9.17) is 9.47 Å². The van der Waals surface area contributed by atoms with Crippen molar-refractivity contribution in [2.45, 2.75) is 13.5 Å². The molecule has 1 amide bonds. The third kappa shape index (κ3) is 6.34. The number of nitro groups is 1. The number of amides is 1. The molecule has 0 unspecified atom stereocenters. The van der Waals surface area contributed by atoms with Gasteiger partial charge in [-0.2, -0.15) is 0 Å². The minimum Gasteiger partial charge on any atom is -0.506 e. The highest BCUT2D eigenvalue weighted by atomic mass is 32.2. The largest absolute Gasteiger partial charge is 0.506 e. The number of non-ortho nitro benzene ring substituents is 1. The predicted octanol–water partition coefficient (Wildman–Crippen LogP) is 5.88. The molecule has 0 fully saturated rings. The summed E-state index contributed by atoms with van der Waals surface area (Å²) < 4.78 is 10.8. The molecule has 0 radical (unpaired) electrons. The summed E-state index contributed by atoms with van der Waals surface area (Å²) in [6.07, 6.45) is 1.65. The Morgan fingerprint density at radius 3 is 2.47 bits per heavy atom. The molecule has 1 N–H and O–H groups in total. The van der Waals surface area contributed by atoms with Crippen LogP contribution in [0.3, 0.4) is 0 Å². The molecule has 3 aromatic rings. The maximum atomic E-state index is 12.6. The fraction of sp³-hybridized carbons (Fsp3) is 0.107. The molecular formula is C28H22N2O7S. The monoisotopic (exact) mass is 530 g/mol. The van der Waals surface area contributed by atoms with Gasteiger partial charge in [0.2, 0.25) is 0 Å². The van der Waals surface area contributed by atoms with Crippen molar-refractivity contribution in [3.05, 3.63) is 122 Å². The summed E-state index contributed by atoms with van der Waals surface area (Å²) in [7, 11) is 0. The maximum absolute atomic E-state index is 12.6. The summed E-state index contributed by atoms with van der Waals surface area (Å²) in [5, 5.41) is 21.8. The van der Waals surface area contributed by atoms with Crippen LogP contribution >= 0.6 is 11.8 Å². The molecule has 0 saturated carbocycles. The number of nitro benzene ring substituents is 1. The van der Waals surface area contributed by atoms with Crippen LogP contribution in [-0.2, 0) is 16.1 Å². The van der Waals surface area contributed by atoms with Crippen molar-refractivity contribution in [3.63, 3.8) is 0 Å². The van der Waals surface area contributed by atoms with Crippen LogP contribution in [0.5, 0.6) is 5.75 Å². The molecule has 0 aliphatic carbocycles. The van der Waals surface area contributed by atoms with E-state index in [9.17, 15) is 24.8 Å². The first kappa shape index (κ1) is 26.4. The fourth-order valence-corrected chi connectivity index (χ4v) is 4.48. The first-order valence-electron chi connectivity index (χ1n) is 11.5. The molecular weight excluding hydrogens is 508 g/mol. The Morgan fingerprint density at radius 2 is 1.79 bits per heavy atom. The molecule has 9 nitrogen and oxygen atoms in total. The fourth-order valence-electron chi connectivity index (χ4n) is 3.47. The number of hydrogen-bond donors (Lipinski definition) is 1. The van der Waals surface area contributed by atoms with Gasteiger partial charge in [0.25, 0.3) is 11.6 Å². The first-order chi connectivity index (χ1) is 18.4. The third-order valence-electron chi connectivity index (χ3n) is 5.30. The van der Waals surface area contributed by atoms with Crippen LogP contribution in [0.1, 0.15) is 28.4 Å². The van der Waals surface area contributed by atoms with Crippen LogP contribution in [-0.4, -0.2) is 33.6 Å². The first-order valence-corrected chi connectivity index (χ1v) is 12.3. The molecule has 4 rings (SSSR count). The standard InChI is InChI=1S/C28H22N2O7S/c1-2-36-28(33)24-25(31)23(38-27(24)29-26(32)20-8-4-3-5-9-20)16-18-11-13-22(14-12-18)37-17-19-7-6-10-21(15-19)30(34)35/h3-16,31H,2,17H2,1H3/b23-16-,29-27?. The number of carbonyl (C=O) groups excluding carboxylic acids is 2. The van der Waals surface area contributed by atoms with Crippen molar-refractivity contribution in [1.82, 2.24) is 0 Å². The molecule has 192 valence electrons. The highest BCUT2D eigenvalue weighted by molar-refractivity contribution is 8.18. The van der Waals surface area contributed by atoms with Crippen LogP contribution in [0.2, 0.25) is 0 Å². The van der Waals surface area contributed by atoms with E-state index < -0.39 is 16.8 Å². The number of ether oxygens (including phenoxy) is 2. The molecule has 0 atom stereocenters. The second kappa shape index (κ2) is 12.0. The van der Waals surface area contributed by atoms with Gasteiger partial charge in [-0.3, -0.25) is 14.9 Å². The topological polar surface area (TPSA) is 128 Å². The van der Waals surface area contributed by atoms with Crippen LogP contribution < -0.4 is 4.74 Å². The van der Waals surface area contributed by atoms with Crippen molar-refractivity contribution in [2.24, 2.45) is 4.99 Å². The van der Waals surface area contributed by atoms with Gasteiger partial charge < -0.3 is 14.6 Å². The number of aliphatic hydroxyl groups is 1. The van der Waals surface area contributed by atoms with Crippen LogP contribution in [0, 0.1) is 10.1 Å². The molecule has 38 heavy (non-hydrogen) atoms. The van der Waals surface area contributed by atoms with E-state index >= 15 is 0 Å². The summed E-state index contributed by atoms with van der Waals surface area (Å²) in [5.74, 6) is -1.10. The normalized spacial score (nSPS) is 15.1. The average Bonchev–Trinajstić information content (AvgIpc) is 3.23. The van der Waals surface area contributed by atoms with Gasteiger partial charge >= 0.3 is 5.97 Å². The van der Waals surface area contributed by atoms with Crippen LogP contribution in [0.15, 0.2) is 100 Å². The van der Waals surface area contributed by atoms with E-state index in [1.165, 1.54) is 12.1 Å². The zero-order valence-electron chi connectivity index (χ0n) is 20.2. The summed E-state index contributed by atoms with van der Waals surface area (Å²) in [5.41, 5.74) is 1.53. The Kier molecular flexibility index (Phi) is 8.34. The minimum atomic E-state index is -0.773. The van der Waals surface area contributed by atoms with Gasteiger partial charge in [0.1, 0.15) is 28.7 Å². The molecule has 1 aliphatic heterocycles. The van der Waals surface area contributed by atoms with E-state index in [0.717, 1.165) is 11.8 Å². The van der Waals surface area contributed by atoms with Crippen LogP contribution in [0.25, 0.3) is 6.08 Å². The molecule has 0 aromatic heterocycles. The van der Waals surface area contributed by atoms with Gasteiger partial charge in [-0.1, -0.05) is 54.2 Å². The molecule has 10 heteroatoms. The zero-order chi connectivity index (χ0) is 27.1. The number of aliphatic imine (C=N–C) groups is 1. The zero-order valence-corrected chi connectivity index (χ0v) is 21.0. The lowest BCUT2D eigenvalue weighted by Gasteiger charge is -2.07. The van der Waals surface area contributed by atoms with E-state index in [0.29, 0.717) is 27.3 Å².